The Kier molecular flexibility index (Phi) is 5.85. The van der Waals surface area contributed by atoms with Crippen LogP contribution in [-0.4, -0.2) is 30.2 Å². The minimum absolute atomic E-state index is 0.0650. The predicted octanol–water partition coefficient (Wildman–Crippen LogP) is 1.62. The highest BCUT2D eigenvalue weighted by atomic mass is 16.4. The van der Waals surface area contributed by atoms with Crippen molar-refractivity contribution in [2.45, 2.75) is 26.7 Å². The number of carboxylic acid groups (broad SMARTS) is 1. The smallest absolute Gasteiger partial charge is 0.314 e. The number of hydrogen-bond acceptors (Lipinski definition) is 2. The van der Waals surface area contributed by atoms with Gasteiger partial charge in [-0.2, -0.15) is 0 Å². The van der Waals surface area contributed by atoms with Gasteiger partial charge in [0.15, 0.2) is 0 Å². The number of hydrogen-bond donors (Lipinski definition) is 3. The number of benzene rings is 1. The molecule has 5 nitrogen and oxygen atoms in total. The van der Waals surface area contributed by atoms with Gasteiger partial charge < -0.3 is 15.7 Å². The fourth-order valence-corrected chi connectivity index (χ4v) is 1.88. The molecule has 0 aliphatic carbocycles. The Morgan fingerprint density at radius 1 is 1.05 bits per heavy atom. The van der Waals surface area contributed by atoms with E-state index in [9.17, 15) is 9.59 Å². The van der Waals surface area contributed by atoms with E-state index < -0.39 is 5.97 Å². The third-order valence-electron chi connectivity index (χ3n) is 2.61. The van der Waals surface area contributed by atoms with Gasteiger partial charge in [-0.3, -0.25) is 4.79 Å². The monoisotopic (exact) mass is 264 g/mol. The molecule has 0 heterocycles. The number of carbonyl (C=O) groups is 2. The second-order valence-electron chi connectivity index (χ2n) is 4.57. The van der Waals surface area contributed by atoms with Crippen LogP contribution in [0.2, 0.25) is 0 Å². The summed E-state index contributed by atoms with van der Waals surface area (Å²) in [6.07, 6.45) is 0.694. The molecule has 1 aromatic rings. The maximum absolute atomic E-state index is 11.3. The van der Waals surface area contributed by atoms with E-state index in [-0.39, 0.29) is 19.0 Å². The van der Waals surface area contributed by atoms with Crippen molar-refractivity contribution >= 4 is 12.0 Å². The van der Waals surface area contributed by atoms with Crippen molar-refractivity contribution in [3.05, 3.63) is 34.9 Å². The molecular weight excluding hydrogens is 244 g/mol. The summed E-state index contributed by atoms with van der Waals surface area (Å²) in [6, 6.07) is 5.97. The number of urea groups is 1. The van der Waals surface area contributed by atoms with E-state index in [1.54, 1.807) is 0 Å². The molecule has 0 radical (unpaired) electrons. The first-order valence-corrected chi connectivity index (χ1v) is 6.28. The lowest BCUT2D eigenvalue weighted by Crippen LogP contribution is -2.37. The summed E-state index contributed by atoms with van der Waals surface area (Å²) < 4.78 is 0. The molecule has 104 valence electrons. The Balaban J connectivity index is 2.26. The number of amides is 2. The lowest BCUT2D eigenvalue weighted by molar-refractivity contribution is -0.136. The van der Waals surface area contributed by atoms with E-state index in [0.29, 0.717) is 6.54 Å². The quantitative estimate of drug-likeness (QED) is 0.730. The molecule has 0 spiro atoms. The van der Waals surface area contributed by atoms with Crippen molar-refractivity contribution < 1.29 is 14.7 Å². The second-order valence-corrected chi connectivity index (χ2v) is 4.57. The molecule has 0 saturated heterocycles. The molecular formula is C14H20N2O3. The van der Waals surface area contributed by atoms with Gasteiger partial charge in [-0.05, 0) is 25.8 Å². The average molecular weight is 264 g/mol. The Morgan fingerprint density at radius 2 is 1.63 bits per heavy atom. The molecule has 3 N–H and O–H groups in total. The van der Waals surface area contributed by atoms with Gasteiger partial charge in [-0.25, -0.2) is 4.79 Å². The SMILES string of the molecule is Cc1cc(C)cc(CCNC(=O)NCCC(=O)O)c1. The Bertz CT molecular complexity index is 438. The summed E-state index contributed by atoms with van der Waals surface area (Å²) in [5.74, 6) is -0.921. The molecule has 19 heavy (non-hydrogen) atoms. The average Bonchev–Trinajstić information content (AvgIpc) is 2.27. The largest absolute Gasteiger partial charge is 0.481 e. The minimum Gasteiger partial charge on any atom is -0.481 e. The van der Waals surface area contributed by atoms with Crippen molar-refractivity contribution in [1.82, 2.24) is 10.6 Å². The third-order valence-corrected chi connectivity index (χ3v) is 2.61. The fourth-order valence-electron chi connectivity index (χ4n) is 1.88. The Labute approximate surface area is 113 Å². The van der Waals surface area contributed by atoms with Crippen LogP contribution in [0.15, 0.2) is 18.2 Å². The second kappa shape index (κ2) is 7.41. The van der Waals surface area contributed by atoms with Gasteiger partial charge in [0, 0.05) is 13.1 Å². The number of rotatable bonds is 6. The molecule has 0 aliphatic heterocycles. The maximum Gasteiger partial charge on any atom is 0.314 e. The van der Waals surface area contributed by atoms with Gasteiger partial charge in [0.05, 0.1) is 6.42 Å². The molecule has 0 fully saturated rings. The summed E-state index contributed by atoms with van der Waals surface area (Å²) >= 11 is 0. The Morgan fingerprint density at radius 3 is 2.21 bits per heavy atom. The van der Waals surface area contributed by atoms with Gasteiger partial charge in [-0.1, -0.05) is 29.3 Å². The van der Waals surface area contributed by atoms with Crippen LogP contribution in [0.5, 0.6) is 0 Å². The first kappa shape index (κ1) is 15.0. The van der Waals surface area contributed by atoms with E-state index in [2.05, 4.69) is 28.8 Å². The highest BCUT2D eigenvalue weighted by molar-refractivity contribution is 5.74. The predicted molar refractivity (Wildman–Crippen MR) is 73.3 cm³/mol. The van der Waals surface area contributed by atoms with E-state index in [4.69, 9.17) is 5.11 Å². The standard InChI is InChI=1S/C14H20N2O3/c1-10-7-11(2)9-12(8-10)3-5-15-14(19)16-6-4-13(17)18/h7-9H,3-6H2,1-2H3,(H,17,18)(H2,15,16,19). The van der Waals surface area contributed by atoms with Crippen molar-refractivity contribution in [3.8, 4) is 0 Å². The number of carboxylic acids is 1. The third kappa shape index (κ3) is 6.45. The lowest BCUT2D eigenvalue weighted by Gasteiger charge is -2.08. The Hall–Kier alpha value is -2.04. The first-order chi connectivity index (χ1) is 8.97. The topological polar surface area (TPSA) is 78.4 Å². The van der Waals surface area contributed by atoms with Crippen LogP contribution in [0.4, 0.5) is 4.79 Å². The van der Waals surface area contributed by atoms with Crippen LogP contribution in [0.25, 0.3) is 0 Å². The molecule has 0 aliphatic rings. The fraction of sp³-hybridized carbons (Fsp3) is 0.429. The number of nitrogens with one attached hydrogen (secondary N) is 2. The van der Waals surface area contributed by atoms with Crippen LogP contribution < -0.4 is 10.6 Å². The highest BCUT2D eigenvalue weighted by Gasteiger charge is 2.02. The zero-order valence-corrected chi connectivity index (χ0v) is 11.3. The lowest BCUT2D eigenvalue weighted by atomic mass is 10.1. The van der Waals surface area contributed by atoms with Gasteiger partial charge in [0.2, 0.25) is 0 Å². The van der Waals surface area contributed by atoms with Crippen LogP contribution in [0, 0.1) is 13.8 Å². The maximum atomic E-state index is 11.3. The number of aryl methyl sites for hydroxylation is 2. The van der Waals surface area contributed by atoms with E-state index in [1.165, 1.54) is 16.7 Å². The molecule has 0 atom stereocenters. The van der Waals surface area contributed by atoms with Crippen molar-refractivity contribution in [2.75, 3.05) is 13.1 Å². The highest BCUT2D eigenvalue weighted by Crippen LogP contribution is 2.08. The van der Waals surface area contributed by atoms with E-state index in [1.807, 2.05) is 13.8 Å². The van der Waals surface area contributed by atoms with Crippen LogP contribution in [0.1, 0.15) is 23.1 Å². The van der Waals surface area contributed by atoms with E-state index in [0.717, 1.165) is 6.42 Å². The molecule has 0 saturated carbocycles. The van der Waals surface area contributed by atoms with Crippen molar-refractivity contribution in [2.24, 2.45) is 0 Å². The molecule has 1 aromatic carbocycles. The molecule has 0 aromatic heterocycles. The number of carbonyl (C=O) groups excluding carboxylic acids is 1. The van der Waals surface area contributed by atoms with Gasteiger partial charge in [0.25, 0.3) is 0 Å². The van der Waals surface area contributed by atoms with Gasteiger partial charge in [0.1, 0.15) is 0 Å². The summed E-state index contributed by atoms with van der Waals surface area (Å²) in [7, 11) is 0. The molecule has 0 bridgehead atoms. The molecule has 0 unspecified atom stereocenters. The van der Waals surface area contributed by atoms with Gasteiger partial charge >= 0.3 is 12.0 Å². The van der Waals surface area contributed by atoms with Crippen LogP contribution >= 0.6 is 0 Å². The zero-order valence-electron chi connectivity index (χ0n) is 11.3. The molecule has 1 rings (SSSR count). The summed E-state index contributed by atoms with van der Waals surface area (Å²) in [5.41, 5.74) is 3.60. The zero-order chi connectivity index (χ0) is 14.3. The summed E-state index contributed by atoms with van der Waals surface area (Å²) in [5, 5.41) is 13.6. The van der Waals surface area contributed by atoms with E-state index >= 15 is 0 Å². The van der Waals surface area contributed by atoms with Crippen LogP contribution in [-0.2, 0) is 11.2 Å². The van der Waals surface area contributed by atoms with Crippen molar-refractivity contribution in [1.29, 1.82) is 0 Å². The summed E-state index contributed by atoms with van der Waals surface area (Å²) in [6.45, 7) is 4.76. The van der Waals surface area contributed by atoms with Gasteiger partial charge in [-0.15, -0.1) is 0 Å². The summed E-state index contributed by atoms with van der Waals surface area (Å²) in [4.78, 5) is 21.6. The minimum atomic E-state index is -0.921. The van der Waals surface area contributed by atoms with Crippen molar-refractivity contribution in [3.63, 3.8) is 0 Å². The molecule has 5 heteroatoms. The normalized spacial score (nSPS) is 10.0. The number of aliphatic carboxylic acids is 1. The molecule has 2 amide bonds. The first-order valence-electron chi connectivity index (χ1n) is 6.28. The van der Waals surface area contributed by atoms with Crippen LogP contribution in [0.3, 0.4) is 0 Å².